The van der Waals surface area contributed by atoms with Crippen LogP contribution in [0.1, 0.15) is 37.9 Å². The lowest BCUT2D eigenvalue weighted by Crippen LogP contribution is -2.06. The number of methoxy groups -OCH3 is 1. The fourth-order valence-electron chi connectivity index (χ4n) is 2.38. The number of nitrogens with zero attached hydrogens (tertiary/aromatic N) is 2. The van der Waals surface area contributed by atoms with Crippen molar-refractivity contribution in [2.24, 2.45) is 5.73 Å². The van der Waals surface area contributed by atoms with Gasteiger partial charge in [0.15, 0.2) is 0 Å². The van der Waals surface area contributed by atoms with Crippen molar-refractivity contribution in [3.8, 4) is 17.0 Å². The smallest absolute Gasteiger partial charge is 0.122 e. The van der Waals surface area contributed by atoms with Crippen LogP contribution >= 0.6 is 0 Å². The van der Waals surface area contributed by atoms with Gasteiger partial charge in [-0.15, -0.1) is 0 Å². The zero-order valence-electron chi connectivity index (χ0n) is 12.7. The van der Waals surface area contributed by atoms with Gasteiger partial charge in [-0.1, -0.05) is 13.8 Å². The van der Waals surface area contributed by atoms with Gasteiger partial charge >= 0.3 is 0 Å². The van der Waals surface area contributed by atoms with E-state index in [1.807, 2.05) is 16.8 Å². The van der Waals surface area contributed by atoms with E-state index in [-0.39, 0.29) is 0 Å². The maximum Gasteiger partial charge on any atom is 0.122 e. The predicted octanol–water partition coefficient (Wildman–Crippen LogP) is 3.16. The van der Waals surface area contributed by atoms with E-state index in [2.05, 4.69) is 38.0 Å². The van der Waals surface area contributed by atoms with Gasteiger partial charge in [0, 0.05) is 18.7 Å². The summed E-state index contributed by atoms with van der Waals surface area (Å²) in [5.74, 6) is 1.34. The molecule has 1 aromatic carbocycles. The minimum Gasteiger partial charge on any atom is -0.496 e. The summed E-state index contributed by atoms with van der Waals surface area (Å²) < 4.78 is 7.38. The lowest BCUT2D eigenvalue weighted by Gasteiger charge is -2.12. The number of nitrogens with two attached hydrogens (primary N) is 1. The molecule has 0 aliphatic heterocycles. The quantitative estimate of drug-likeness (QED) is 0.910. The molecule has 0 unspecified atom stereocenters. The molecule has 108 valence electrons. The first kappa shape index (κ1) is 14.6. The molecule has 0 aliphatic rings. The van der Waals surface area contributed by atoms with Crippen LogP contribution in [0, 0.1) is 0 Å². The average molecular weight is 273 g/mol. The Morgan fingerprint density at radius 1 is 1.30 bits per heavy atom. The minimum absolute atomic E-state index is 0.409. The summed E-state index contributed by atoms with van der Waals surface area (Å²) in [7, 11) is 1.71. The van der Waals surface area contributed by atoms with E-state index in [1.165, 1.54) is 5.56 Å². The molecule has 0 saturated heterocycles. The SMILES string of the molecule is CCn1nc(-c2ccc(OC)c(C(C)C)c2)cc1CN. The number of benzene rings is 1. The molecule has 2 N–H and O–H groups in total. The van der Waals surface area contributed by atoms with E-state index in [4.69, 9.17) is 10.5 Å². The third-order valence-corrected chi connectivity index (χ3v) is 3.52. The summed E-state index contributed by atoms with van der Waals surface area (Å²) in [6.45, 7) is 7.74. The number of hydrogen-bond donors (Lipinski definition) is 1. The predicted molar refractivity (Wildman–Crippen MR) is 81.9 cm³/mol. The summed E-state index contributed by atoms with van der Waals surface area (Å²) in [4.78, 5) is 0. The molecule has 4 heteroatoms. The van der Waals surface area contributed by atoms with Crippen LogP contribution in [-0.2, 0) is 13.1 Å². The molecule has 0 amide bonds. The number of aryl methyl sites for hydroxylation is 1. The van der Waals surface area contributed by atoms with Crippen LogP contribution in [-0.4, -0.2) is 16.9 Å². The highest BCUT2D eigenvalue weighted by molar-refractivity contribution is 5.63. The van der Waals surface area contributed by atoms with Crippen molar-refractivity contribution in [1.29, 1.82) is 0 Å². The monoisotopic (exact) mass is 273 g/mol. The molecule has 1 aromatic heterocycles. The molecule has 0 aliphatic carbocycles. The van der Waals surface area contributed by atoms with E-state index in [0.717, 1.165) is 29.2 Å². The summed E-state index contributed by atoms with van der Waals surface area (Å²) in [6.07, 6.45) is 0. The maximum absolute atomic E-state index is 5.76. The highest BCUT2D eigenvalue weighted by Crippen LogP contribution is 2.31. The normalized spacial score (nSPS) is 11.1. The molecule has 0 bridgehead atoms. The second kappa shape index (κ2) is 6.09. The minimum atomic E-state index is 0.409. The van der Waals surface area contributed by atoms with Gasteiger partial charge in [0.25, 0.3) is 0 Å². The lowest BCUT2D eigenvalue weighted by molar-refractivity contribution is 0.407. The van der Waals surface area contributed by atoms with Crippen LogP contribution in [0.15, 0.2) is 24.3 Å². The Morgan fingerprint density at radius 2 is 2.05 bits per heavy atom. The van der Waals surface area contributed by atoms with Gasteiger partial charge in [0.05, 0.1) is 18.5 Å². The molecule has 1 heterocycles. The number of hydrogen-bond acceptors (Lipinski definition) is 3. The number of rotatable bonds is 5. The summed E-state index contributed by atoms with van der Waals surface area (Å²) >= 11 is 0. The van der Waals surface area contributed by atoms with Crippen molar-refractivity contribution in [1.82, 2.24) is 9.78 Å². The number of aromatic nitrogens is 2. The Kier molecular flexibility index (Phi) is 4.45. The Bertz CT molecular complexity index is 566. The zero-order valence-corrected chi connectivity index (χ0v) is 12.7. The van der Waals surface area contributed by atoms with Crippen molar-refractivity contribution in [3.05, 3.63) is 35.5 Å². The number of ether oxygens (including phenoxy) is 1. The summed E-state index contributed by atoms with van der Waals surface area (Å²) in [6, 6.07) is 8.28. The van der Waals surface area contributed by atoms with Gasteiger partial charge in [-0.3, -0.25) is 4.68 Å². The van der Waals surface area contributed by atoms with E-state index >= 15 is 0 Å². The molecule has 0 atom stereocenters. The van der Waals surface area contributed by atoms with Gasteiger partial charge in [0.1, 0.15) is 5.75 Å². The second-order valence-electron chi connectivity index (χ2n) is 5.15. The third-order valence-electron chi connectivity index (χ3n) is 3.52. The van der Waals surface area contributed by atoms with Crippen LogP contribution in [0.25, 0.3) is 11.3 Å². The van der Waals surface area contributed by atoms with Gasteiger partial charge in [-0.2, -0.15) is 5.10 Å². The summed E-state index contributed by atoms with van der Waals surface area (Å²) in [5, 5.41) is 4.62. The van der Waals surface area contributed by atoms with Crippen molar-refractivity contribution < 1.29 is 4.74 Å². The van der Waals surface area contributed by atoms with E-state index in [1.54, 1.807) is 7.11 Å². The average Bonchev–Trinajstić information content (AvgIpc) is 2.89. The van der Waals surface area contributed by atoms with Crippen LogP contribution in [0.4, 0.5) is 0 Å². The van der Waals surface area contributed by atoms with Crippen molar-refractivity contribution in [2.75, 3.05) is 7.11 Å². The largest absolute Gasteiger partial charge is 0.496 e. The van der Waals surface area contributed by atoms with Crippen LogP contribution in [0.2, 0.25) is 0 Å². The Hall–Kier alpha value is -1.81. The fraction of sp³-hybridized carbons (Fsp3) is 0.438. The Balaban J connectivity index is 2.47. The lowest BCUT2D eigenvalue weighted by atomic mass is 9.98. The van der Waals surface area contributed by atoms with E-state index in [0.29, 0.717) is 12.5 Å². The van der Waals surface area contributed by atoms with Crippen LogP contribution in [0.3, 0.4) is 0 Å². The van der Waals surface area contributed by atoms with Crippen molar-refractivity contribution in [3.63, 3.8) is 0 Å². The molecule has 2 aromatic rings. The molecule has 0 radical (unpaired) electrons. The Labute approximate surface area is 120 Å². The molecule has 0 fully saturated rings. The first-order valence-electron chi connectivity index (χ1n) is 7.05. The van der Waals surface area contributed by atoms with Gasteiger partial charge in [0.2, 0.25) is 0 Å². The molecular weight excluding hydrogens is 250 g/mol. The van der Waals surface area contributed by atoms with E-state index in [9.17, 15) is 0 Å². The standard InChI is InChI=1S/C16H23N3O/c1-5-19-13(10-17)9-15(18-19)12-6-7-16(20-4)14(8-12)11(2)3/h6-9,11H,5,10,17H2,1-4H3. The topological polar surface area (TPSA) is 53.1 Å². The third kappa shape index (κ3) is 2.70. The van der Waals surface area contributed by atoms with Gasteiger partial charge in [-0.05, 0) is 42.7 Å². The first-order chi connectivity index (χ1) is 9.60. The maximum atomic E-state index is 5.76. The molecule has 2 rings (SSSR count). The fourth-order valence-corrected chi connectivity index (χ4v) is 2.38. The molecule has 20 heavy (non-hydrogen) atoms. The van der Waals surface area contributed by atoms with Gasteiger partial charge < -0.3 is 10.5 Å². The van der Waals surface area contributed by atoms with Crippen LogP contribution in [0.5, 0.6) is 5.75 Å². The van der Waals surface area contributed by atoms with Gasteiger partial charge in [-0.25, -0.2) is 0 Å². The summed E-state index contributed by atoms with van der Waals surface area (Å²) in [5.41, 5.74) is 10.1. The first-order valence-corrected chi connectivity index (χ1v) is 7.05. The zero-order chi connectivity index (χ0) is 14.7. The molecule has 4 nitrogen and oxygen atoms in total. The van der Waals surface area contributed by atoms with Crippen LogP contribution < -0.4 is 10.5 Å². The second-order valence-corrected chi connectivity index (χ2v) is 5.15. The van der Waals surface area contributed by atoms with E-state index < -0.39 is 0 Å². The molecule has 0 saturated carbocycles. The van der Waals surface area contributed by atoms with Crippen molar-refractivity contribution >= 4 is 0 Å². The highest BCUT2D eigenvalue weighted by Gasteiger charge is 2.12. The van der Waals surface area contributed by atoms with Crippen molar-refractivity contribution in [2.45, 2.75) is 39.8 Å². The Morgan fingerprint density at radius 3 is 2.55 bits per heavy atom. The molecule has 0 spiro atoms. The molecular formula is C16H23N3O. The highest BCUT2D eigenvalue weighted by atomic mass is 16.5.